The summed E-state index contributed by atoms with van der Waals surface area (Å²) in [5.74, 6) is -0.652. The average molecular weight is 681 g/mol. The highest BCUT2D eigenvalue weighted by Gasteiger charge is 2.66. The van der Waals surface area contributed by atoms with Crippen LogP contribution in [0.25, 0.3) is 0 Å². The molecule has 1 N–H and O–H groups in total. The van der Waals surface area contributed by atoms with Gasteiger partial charge in [-0.15, -0.1) is 5.10 Å². The quantitative estimate of drug-likeness (QED) is 0.169. The number of carbonyl (C=O) groups excluding carboxylic acids is 2. The van der Waals surface area contributed by atoms with E-state index in [0.29, 0.717) is 50.2 Å². The van der Waals surface area contributed by atoms with Crippen LogP contribution in [0.15, 0.2) is 90.2 Å². The second-order valence-electron chi connectivity index (χ2n) is 13.7. The molecule has 3 aliphatic rings. The maximum Gasteiger partial charge on any atom is 0.264 e. The summed E-state index contributed by atoms with van der Waals surface area (Å²) < 4.78 is 24.7. The Kier molecular flexibility index (Phi) is 8.80. The monoisotopic (exact) mass is 680 g/mol. The number of aliphatic hydroxyl groups is 1. The molecule has 1 fully saturated rings. The fourth-order valence-electron chi connectivity index (χ4n) is 7.88. The van der Waals surface area contributed by atoms with E-state index in [2.05, 4.69) is 15.4 Å². The zero-order valence-corrected chi connectivity index (χ0v) is 29.0. The Morgan fingerprint density at radius 2 is 1.73 bits per heavy atom. The van der Waals surface area contributed by atoms with Gasteiger partial charge in [-0.2, -0.15) is 5.10 Å². The van der Waals surface area contributed by atoms with Crippen molar-refractivity contribution < 1.29 is 23.5 Å². The van der Waals surface area contributed by atoms with Crippen LogP contribution in [0.2, 0.25) is 18.6 Å². The molecule has 3 aromatic carbocycles. The molecular formula is C37H41FN6O4Si. The van der Waals surface area contributed by atoms with E-state index in [1.54, 1.807) is 28.9 Å². The molecular weight excluding hydrogens is 640 g/mol. The van der Waals surface area contributed by atoms with E-state index in [9.17, 15) is 14.7 Å². The third-order valence-electron chi connectivity index (χ3n) is 10.1. The van der Waals surface area contributed by atoms with E-state index in [-0.39, 0.29) is 18.4 Å². The summed E-state index contributed by atoms with van der Waals surface area (Å²) in [4.78, 5) is 29.3. The van der Waals surface area contributed by atoms with Gasteiger partial charge in [0.15, 0.2) is 5.60 Å². The lowest BCUT2D eigenvalue weighted by atomic mass is 9.82. The molecule has 0 saturated carbocycles. The fourth-order valence-corrected chi connectivity index (χ4v) is 10.4. The second kappa shape index (κ2) is 13.1. The first-order valence-corrected chi connectivity index (χ1v) is 19.9. The second-order valence-corrected chi connectivity index (χ2v) is 17.5. The van der Waals surface area contributed by atoms with Crippen molar-refractivity contribution in [1.29, 1.82) is 0 Å². The summed E-state index contributed by atoms with van der Waals surface area (Å²) in [6.07, 6.45) is 3.14. The number of halogens is 1. The topological polar surface area (TPSA) is 113 Å². The predicted molar refractivity (Wildman–Crippen MR) is 187 cm³/mol. The SMILES string of the molecule is C[C@H]1[C@H]([Si](C)(C)F)[C@@H](CCn2cc(CCO)nn2)O[C@]12C(=O)N(Cc1ccc(N3N=C(c4ccccc4)CCC3=O)cc1)c1ccccc12. The number of ether oxygens (including phenoxy) is 1. The number of hydrogen-bond donors (Lipinski definition) is 1. The number of benzene rings is 3. The third kappa shape index (κ3) is 6.02. The Balaban J connectivity index is 1.14. The molecule has 4 atom stereocenters. The molecule has 1 spiro atoms. The minimum absolute atomic E-state index is 0.0153. The van der Waals surface area contributed by atoms with Crippen molar-refractivity contribution >= 4 is 37.3 Å². The van der Waals surface area contributed by atoms with Crippen LogP contribution < -0.4 is 9.91 Å². The first-order valence-electron chi connectivity index (χ1n) is 16.9. The van der Waals surface area contributed by atoms with Gasteiger partial charge in [0.25, 0.3) is 5.91 Å². The standard InChI is InChI=1S/C37H41FN6O4Si/c1-25-35(49(2,3)38)33(19-21-42-24-28(20-22-45)39-41-42)48-37(25)30-11-7-8-12-32(30)43(36(37)47)23-26-13-15-29(16-14-26)44-34(46)18-17-31(40-44)27-9-5-4-6-10-27/h4-16,24-25,33,35,45H,17-23H2,1-3H3/t25-,33+,35-,37+/m0/s1. The highest BCUT2D eigenvalue weighted by molar-refractivity contribution is 6.72. The highest BCUT2D eigenvalue weighted by Crippen LogP contribution is 2.60. The average Bonchev–Trinajstić information content (AvgIpc) is 3.75. The Morgan fingerprint density at radius 1 is 1.00 bits per heavy atom. The van der Waals surface area contributed by atoms with E-state index in [1.807, 2.05) is 85.8 Å². The lowest BCUT2D eigenvalue weighted by molar-refractivity contribution is -0.146. The molecule has 4 aromatic rings. The normalized spacial score (nSPS) is 23.8. The number of hydrogen-bond acceptors (Lipinski definition) is 7. The van der Waals surface area contributed by atoms with Crippen LogP contribution in [0, 0.1) is 5.92 Å². The van der Waals surface area contributed by atoms with E-state index >= 15 is 4.11 Å². The van der Waals surface area contributed by atoms with Crippen molar-refractivity contribution in [3.8, 4) is 0 Å². The first-order chi connectivity index (χ1) is 23.6. The van der Waals surface area contributed by atoms with Crippen molar-refractivity contribution in [2.75, 3.05) is 16.5 Å². The number of nitrogens with zero attached hydrogens (tertiary/aromatic N) is 6. The number of amides is 2. The Morgan fingerprint density at radius 3 is 2.47 bits per heavy atom. The van der Waals surface area contributed by atoms with Gasteiger partial charge in [0.05, 0.1) is 35.4 Å². The van der Waals surface area contributed by atoms with Gasteiger partial charge in [-0.1, -0.05) is 72.8 Å². The van der Waals surface area contributed by atoms with Gasteiger partial charge in [0.2, 0.25) is 14.3 Å². The lowest BCUT2D eigenvalue weighted by Crippen LogP contribution is -2.45. The number of fused-ring (bicyclic) bond motifs is 2. The van der Waals surface area contributed by atoms with Gasteiger partial charge in [-0.05, 0) is 48.8 Å². The van der Waals surface area contributed by atoms with Gasteiger partial charge in [0, 0.05) is 55.6 Å². The molecule has 1 saturated heterocycles. The molecule has 254 valence electrons. The van der Waals surface area contributed by atoms with Crippen LogP contribution in [0.3, 0.4) is 0 Å². The van der Waals surface area contributed by atoms with Crippen molar-refractivity contribution in [2.24, 2.45) is 11.0 Å². The Bertz CT molecular complexity index is 1880. The number of para-hydroxylation sites is 1. The fraction of sp³-hybridized carbons (Fsp3) is 0.378. The number of carbonyl (C=O) groups is 2. The van der Waals surface area contributed by atoms with Crippen LogP contribution in [0.1, 0.15) is 48.6 Å². The molecule has 0 unspecified atom stereocenters. The number of anilines is 2. The largest absolute Gasteiger partial charge is 0.396 e. The zero-order chi connectivity index (χ0) is 34.3. The number of aliphatic hydroxyl groups excluding tert-OH is 1. The number of hydrazone groups is 1. The third-order valence-corrected chi connectivity index (χ3v) is 12.6. The van der Waals surface area contributed by atoms with Crippen molar-refractivity contribution in [1.82, 2.24) is 15.0 Å². The minimum atomic E-state index is -3.31. The van der Waals surface area contributed by atoms with Crippen molar-refractivity contribution in [3.05, 3.63) is 107 Å². The van der Waals surface area contributed by atoms with E-state index in [0.717, 1.165) is 28.1 Å². The smallest absolute Gasteiger partial charge is 0.264 e. The molecule has 0 bridgehead atoms. The van der Waals surface area contributed by atoms with Gasteiger partial charge < -0.3 is 18.9 Å². The van der Waals surface area contributed by atoms with Crippen molar-refractivity contribution in [3.63, 3.8) is 0 Å². The first kappa shape index (κ1) is 33.0. The van der Waals surface area contributed by atoms with Gasteiger partial charge >= 0.3 is 0 Å². The van der Waals surface area contributed by atoms with E-state index < -0.39 is 31.6 Å². The van der Waals surface area contributed by atoms with Crippen molar-refractivity contribution in [2.45, 2.75) is 76.0 Å². The summed E-state index contributed by atoms with van der Waals surface area (Å²) >= 11 is 0. The molecule has 12 heteroatoms. The molecule has 0 radical (unpaired) electrons. The Labute approximate surface area is 286 Å². The van der Waals surface area contributed by atoms with Gasteiger partial charge in [0.1, 0.15) is 0 Å². The summed E-state index contributed by atoms with van der Waals surface area (Å²) in [5.41, 5.74) is 3.88. The molecule has 1 aromatic heterocycles. The summed E-state index contributed by atoms with van der Waals surface area (Å²) in [5, 5.41) is 23.7. The molecule has 2 amide bonds. The molecule has 0 aliphatic carbocycles. The van der Waals surface area contributed by atoms with Crippen LogP contribution in [0.5, 0.6) is 0 Å². The van der Waals surface area contributed by atoms with Crippen LogP contribution in [-0.2, 0) is 39.4 Å². The molecule has 10 nitrogen and oxygen atoms in total. The number of rotatable bonds is 10. The highest BCUT2D eigenvalue weighted by atomic mass is 28.4. The van der Waals surface area contributed by atoms with Crippen LogP contribution in [0.4, 0.5) is 15.5 Å². The molecule has 3 aliphatic heterocycles. The van der Waals surface area contributed by atoms with Gasteiger partial charge in [-0.3, -0.25) is 14.3 Å². The lowest BCUT2D eigenvalue weighted by Gasteiger charge is -2.31. The molecule has 7 rings (SSSR count). The number of aryl methyl sites for hydroxylation is 1. The maximum absolute atomic E-state index is 16.2. The van der Waals surface area contributed by atoms with E-state index in [1.165, 1.54) is 5.01 Å². The summed E-state index contributed by atoms with van der Waals surface area (Å²) in [7, 11) is -3.31. The molecule has 4 heterocycles. The zero-order valence-electron chi connectivity index (χ0n) is 28.0. The van der Waals surface area contributed by atoms with Crippen LogP contribution in [-0.4, -0.2) is 58.7 Å². The summed E-state index contributed by atoms with van der Waals surface area (Å²) in [6.45, 7) is 6.08. The minimum Gasteiger partial charge on any atom is -0.396 e. The number of aromatic nitrogens is 3. The summed E-state index contributed by atoms with van der Waals surface area (Å²) in [6, 6.07) is 25.1. The predicted octanol–water partition coefficient (Wildman–Crippen LogP) is 5.76. The Hall–Kier alpha value is -4.52. The molecule has 49 heavy (non-hydrogen) atoms. The van der Waals surface area contributed by atoms with Crippen LogP contribution >= 0.6 is 0 Å². The van der Waals surface area contributed by atoms with E-state index in [4.69, 9.17) is 4.74 Å². The van der Waals surface area contributed by atoms with Gasteiger partial charge in [-0.25, -0.2) is 5.01 Å². The maximum atomic E-state index is 16.2.